The molecule has 18 heavy (non-hydrogen) atoms. The van der Waals surface area contributed by atoms with Crippen LogP contribution in [0.3, 0.4) is 0 Å². The van der Waals surface area contributed by atoms with Gasteiger partial charge in [0, 0.05) is 29.3 Å². The molecule has 0 unspecified atom stereocenters. The van der Waals surface area contributed by atoms with Crippen LogP contribution in [0.25, 0.3) is 0 Å². The third-order valence-electron chi connectivity index (χ3n) is 3.74. The second kappa shape index (κ2) is 5.22. The van der Waals surface area contributed by atoms with Gasteiger partial charge in [-0.25, -0.2) is 0 Å². The molecule has 2 rings (SSSR count). The molecule has 1 fully saturated rings. The first-order valence-corrected chi connectivity index (χ1v) is 7.48. The Labute approximate surface area is 119 Å². The lowest BCUT2D eigenvalue weighted by Gasteiger charge is -2.39. The second-order valence-electron chi connectivity index (χ2n) is 6.18. The zero-order chi connectivity index (χ0) is 13.3. The SMILES string of the molecule is C[C@H](N)c1ccc(N2CCCC(C)(C)C2)cc1Br. The van der Waals surface area contributed by atoms with E-state index in [2.05, 4.69) is 52.9 Å². The number of hydrogen-bond acceptors (Lipinski definition) is 2. The summed E-state index contributed by atoms with van der Waals surface area (Å²) in [7, 11) is 0. The van der Waals surface area contributed by atoms with E-state index in [0.717, 1.165) is 17.6 Å². The summed E-state index contributed by atoms with van der Waals surface area (Å²) in [5.41, 5.74) is 8.84. The van der Waals surface area contributed by atoms with Gasteiger partial charge in [0.05, 0.1) is 0 Å². The number of benzene rings is 1. The number of halogens is 1. The first kappa shape index (κ1) is 13.9. The molecule has 0 aromatic heterocycles. The maximum atomic E-state index is 5.94. The predicted molar refractivity (Wildman–Crippen MR) is 82.0 cm³/mol. The van der Waals surface area contributed by atoms with Gasteiger partial charge >= 0.3 is 0 Å². The van der Waals surface area contributed by atoms with Gasteiger partial charge in [-0.3, -0.25) is 0 Å². The Balaban J connectivity index is 2.21. The molecule has 1 aliphatic rings. The van der Waals surface area contributed by atoms with E-state index < -0.39 is 0 Å². The summed E-state index contributed by atoms with van der Waals surface area (Å²) in [5, 5.41) is 0. The normalized spacial score (nSPS) is 20.8. The van der Waals surface area contributed by atoms with Crippen LogP contribution in [0.2, 0.25) is 0 Å². The Kier molecular flexibility index (Phi) is 4.02. The van der Waals surface area contributed by atoms with Gasteiger partial charge in [-0.1, -0.05) is 35.8 Å². The second-order valence-corrected chi connectivity index (χ2v) is 7.04. The largest absolute Gasteiger partial charge is 0.371 e. The zero-order valence-electron chi connectivity index (χ0n) is 11.5. The summed E-state index contributed by atoms with van der Waals surface area (Å²) < 4.78 is 1.12. The average molecular weight is 311 g/mol. The van der Waals surface area contributed by atoms with Crippen LogP contribution in [-0.4, -0.2) is 13.1 Å². The number of nitrogens with two attached hydrogens (primary N) is 1. The van der Waals surface area contributed by atoms with Crippen molar-refractivity contribution in [2.24, 2.45) is 11.1 Å². The van der Waals surface area contributed by atoms with Crippen LogP contribution in [0.4, 0.5) is 5.69 Å². The van der Waals surface area contributed by atoms with Gasteiger partial charge in [-0.15, -0.1) is 0 Å². The highest BCUT2D eigenvalue weighted by atomic mass is 79.9. The minimum absolute atomic E-state index is 0.0752. The molecule has 0 radical (unpaired) electrons. The fourth-order valence-electron chi connectivity index (χ4n) is 2.73. The highest BCUT2D eigenvalue weighted by molar-refractivity contribution is 9.10. The third kappa shape index (κ3) is 3.07. The molecule has 1 aromatic rings. The summed E-state index contributed by atoms with van der Waals surface area (Å²) >= 11 is 3.64. The predicted octanol–water partition coefficient (Wildman–Crippen LogP) is 4.10. The quantitative estimate of drug-likeness (QED) is 0.891. The smallest absolute Gasteiger partial charge is 0.0377 e. The number of anilines is 1. The van der Waals surface area contributed by atoms with Gasteiger partial charge in [0.1, 0.15) is 0 Å². The van der Waals surface area contributed by atoms with E-state index in [0.29, 0.717) is 5.41 Å². The van der Waals surface area contributed by atoms with E-state index in [1.165, 1.54) is 24.1 Å². The van der Waals surface area contributed by atoms with Gasteiger partial charge in [-0.05, 0) is 42.9 Å². The minimum Gasteiger partial charge on any atom is -0.371 e. The standard InChI is InChI=1S/C15H23BrN2/c1-11(17)13-6-5-12(9-14(13)16)18-8-4-7-15(2,3)10-18/h5-6,9,11H,4,7-8,10,17H2,1-3H3/t11-/m0/s1. The van der Waals surface area contributed by atoms with E-state index in [9.17, 15) is 0 Å². The molecule has 0 saturated carbocycles. The summed E-state index contributed by atoms with van der Waals surface area (Å²) in [6.07, 6.45) is 2.60. The lowest BCUT2D eigenvalue weighted by molar-refractivity contribution is 0.293. The number of nitrogens with zero attached hydrogens (tertiary/aromatic N) is 1. The van der Waals surface area contributed by atoms with Crippen molar-refractivity contribution in [1.82, 2.24) is 0 Å². The van der Waals surface area contributed by atoms with Gasteiger partial charge in [-0.2, -0.15) is 0 Å². The van der Waals surface area contributed by atoms with Crippen molar-refractivity contribution >= 4 is 21.6 Å². The fourth-order valence-corrected chi connectivity index (χ4v) is 3.45. The third-order valence-corrected chi connectivity index (χ3v) is 4.43. The van der Waals surface area contributed by atoms with E-state index >= 15 is 0 Å². The van der Waals surface area contributed by atoms with Crippen molar-refractivity contribution in [1.29, 1.82) is 0 Å². The van der Waals surface area contributed by atoms with Crippen molar-refractivity contribution in [3.63, 3.8) is 0 Å². The highest BCUT2D eigenvalue weighted by Crippen LogP contribution is 2.34. The molecule has 100 valence electrons. The Bertz CT molecular complexity index is 427. The van der Waals surface area contributed by atoms with Gasteiger partial charge in [0.25, 0.3) is 0 Å². The maximum absolute atomic E-state index is 5.94. The van der Waals surface area contributed by atoms with Crippen LogP contribution in [0.15, 0.2) is 22.7 Å². The van der Waals surface area contributed by atoms with Crippen molar-refractivity contribution in [2.75, 3.05) is 18.0 Å². The van der Waals surface area contributed by atoms with E-state index in [-0.39, 0.29) is 6.04 Å². The Hall–Kier alpha value is -0.540. The van der Waals surface area contributed by atoms with Crippen molar-refractivity contribution in [3.8, 4) is 0 Å². The minimum atomic E-state index is 0.0752. The van der Waals surface area contributed by atoms with Gasteiger partial charge in [0.2, 0.25) is 0 Å². The van der Waals surface area contributed by atoms with Crippen LogP contribution in [0.1, 0.15) is 45.2 Å². The zero-order valence-corrected chi connectivity index (χ0v) is 13.1. The Morgan fingerprint density at radius 1 is 1.39 bits per heavy atom. The topological polar surface area (TPSA) is 29.3 Å². The molecule has 2 N–H and O–H groups in total. The van der Waals surface area contributed by atoms with E-state index in [1.807, 2.05) is 6.92 Å². The molecular formula is C15H23BrN2. The molecule has 2 nitrogen and oxygen atoms in total. The molecule has 0 spiro atoms. The summed E-state index contributed by atoms with van der Waals surface area (Å²) in [5.74, 6) is 0. The molecule has 1 aromatic carbocycles. The van der Waals surface area contributed by atoms with Crippen molar-refractivity contribution in [2.45, 2.75) is 39.7 Å². The molecule has 1 heterocycles. The molecule has 0 aliphatic carbocycles. The first-order valence-electron chi connectivity index (χ1n) is 6.69. The van der Waals surface area contributed by atoms with Crippen LogP contribution in [0, 0.1) is 5.41 Å². The molecule has 0 amide bonds. The van der Waals surface area contributed by atoms with Crippen LogP contribution in [-0.2, 0) is 0 Å². The monoisotopic (exact) mass is 310 g/mol. The van der Waals surface area contributed by atoms with Crippen molar-refractivity contribution < 1.29 is 0 Å². The van der Waals surface area contributed by atoms with Gasteiger partial charge in [0.15, 0.2) is 0 Å². The number of rotatable bonds is 2. The van der Waals surface area contributed by atoms with Crippen LogP contribution >= 0.6 is 15.9 Å². The molecule has 1 aliphatic heterocycles. The highest BCUT2D eigenvalue weighted by Gasteiger charge is 2.26. The molecule has 1 saturated heterocycles. The molecule has 0 bridgehead atoms. The summed E-state index contributed by atoms with van der Waals surface area (Å²) in [6.45, 7) is 9.02. The number of hydrogen-bond donors (Lipinski definition) is 1. The summed E-state index contributed by atoms with van der Waals surface area (Å²) in [6, 6.07) is 6.63. The van der Waals surface area contributed by atoms with Crippen molar-refractivity contribution in [3.05, 3.63) is 28.2 Å². The molecule has 1 atom stereocenters. The molecule has 3 heteroatoms. The Morgan fingerprint density at radius 3 is 2.67 bits per heavy atom. The number of piperidine rings is 1. The van der Waals surface area contributed by atoms with Crippen LogP contribution in [0.5, 0.6) is 0 Å². The lowest BCUT2D eigenvalue weighted by Crippen LogP contribution is -2.40. The fraction of sp³-hybridized carbons (Fsp3) is 0.600. The van der Waals surface area contributed by atoms with Gasteiger partial charge < -0.3 is 10.6 Å². The summed E-state index contributed by atoms with van der Waals surface area (Å²) in [4.78, 5) is 2.49. The average Bonchev–Trinajstić information content (AvgIpc) is 2.27. The maximum Gasteiger partial charge on any atom is 0.0377 e. The van der Waals surface area contributed by atoms with E-state index in [1.54, 1.807) is 0 Å². The Morgan fingerprint density at radius 2 is 2.11 bits per heavy atom. The molecular weight excluding hydrogens is 288 g/mol. The van der Waals surface area contributed by atoms with Crippen LogP contribution < -0.4 is 10.6 Å². The first-order chi connectivity index (χ1) is 8.39. The lowest BCUT2D eigenvalue weighted by atomic mass is 9.84. The van der Waals surface area contributed by atoms with E-state index in [4.69, 9.17) is 5.73 Å².